The van der Waals surface area contributed by atoms with E-state index in [1.54, 1.807) is 36.7 Å². The van der Waals surface area contributed by atoms with E-state index in [-0.39, 0.29) is 53.2 Å². The van der Waals surface area contributed by atoms with Crippen molar-refractivity contribution in [2.45, 2.75) is 0 Å². The number of aromatic carboxylic acids is 2. The van der Waals surface area contributed by atoms with Gasteiger partial charge in [0.15, 0.2) is 0 Å². The standard InChI is InChI=1S/C15H11N3.2C7H4I2O2.2O.U/c1-3-10-16-12(6-1)14-8-5-9-15(18-14)13-7-2-4-11-17-13;2*8-4-1-2-6(9)5(3-4)7(10)11;;;/h1-11H;2*1-3H,(H,10,11);;;/q;;;2*-2;/p-2. The molecule has 2 aromatic carbocycles. The first kappa shape index (κ1) is 41.7. The number of carboxylic acid groups (broad SMARTS) is 2. The second kappa shape index (κ2) is 21.5. The molecule has 5 rings (SSSR count). The number of aromatic nitrogens is 3. The molecule has 14 heteroatoms. The zero-order valence-electron chi connectivity index (χ0n) is 21.6. The molecule has 0 radical (unpaired) electrons. The Morgan fingerprint density at radius 2 is 0.907 bits per heavy atom. The van der Waals surface area contributed by atoms with Crippen LogP contribution in [0.4, 0.5) is 0 Å². The molecule has 3 aromatic heterocycles. The fourth-order valence-electron chi connectivity index (χ4n) is 3.06. The van der Waals surface area contributed by atoms with Gasteiger partial charge in [0.2, 0.25) is 0 Å². The van der Waals surface area contributed by atoms with Gasteiger partial charge in [0, 0.05) is 68.9 Å². The van der Waals surface area contributed by atoms with Gasteiger partial charge < -0.3 is 30.8 Å². The molecule has 5 aromatic rings. The molecule has 0 unspecified atom stereocenters. The number of halogens is 4. The van der Waals surface area contributed by atoms with Crippen LogP contribution in [-0.4, -0.2) is 26.9 Å². The summed E-state index contributed by atoms with van der Waals surface area (Å²) in [5.41, 5.74) is 3.98. The quantitative estimate of drug-likeness (QED) is 0.214. The summed E-state index contributed by atoms with van der Waals surface area (Å²) >= 11 is 8.06. The molecule has 0 aliphatic heterocycles. The second-order valence-corrected chi connectivity index (χ2v) is 12.5. The van der Waals surface area contributed by atoms with Crippen LogP contribution in [0.1, 0.15) is 20.7 Å². The maximum Gasteiger partial charge on any atom is 0.0894 e. The monoisotopic (exact) mass is 1250 g/mol. The average Bonchev–Trinajstić information content (AvgIpc) is 2.97. The summed E-state index contributed by atoms with van der Waals surface area (Å²) in [6, 6.07) is 27.9. The summed E-state index contributed by atoms with van der Waals surface area (Å²) in [5.74, 6) is -2.24. The van der Waals surface area contributed by atoms with Crippen LogP contribution >= 0.6 is 90.4 Å². The molecule has 0 spiro atoms. The van der Waals surface area contributed by atoms with Gasteiger partial charge in [0.05, 0.1) is 34.7 Å². The van der Waals surface area contributed by atoms with E-state index in [1.807, 2.05) is 112 Å². The van der Waals surface area contributed by atoms with Gasteiger partial charge >= 0.3 is 0 Å². The predicted octanol–water partition coefficient (Wildman–Crippen LogP) is 5.49. The summed E-state index contributed by atoms with van der Waals surface area (Å²) in [7, 11) is 0. The molecule has 0 saturated carbocycles. The maximum atomic E-state index is 10.5. The topological polar surface area (TPSA) is 176 Å². The first-order chi connectivity index (χ1) is 19.2. The summed E-state index contributed by atoms with van der Waals surface area (Å²) < 4.78 is 3.23. The van der Waals surface area contributed by atoms with Gasteiger partial charge in [-0.05, 0) is 163 Å². The second-order valence-electron chi connectivity index (χ2n) is 7.66. The van der Waals surface area contributed by atoms with E-state index >= 15 is 0 Å². The van der Waals surface area contributed by atoms with E-state index in [2.05, 4.69) is 60.1 Å². The Morgan fingerprint density at radius 3 is 1.21 bits per heavy atom. The van der Waals surface area contributed by atoms with Crippen molar-refractivity contribution in [1.82, 2.24) is 15.0 Å². The smallest absolute Gasteiger partial charge is 0.0894 e. The largest absolute Gasteiger partial charge is 2.00 e. The van der Waals surface area contributed by atoms with Crippen molar-refractivity contribution < 1.29 is 61.9 Å². The molecule has 0 aliphatic rings. The first-order valence-electron chi connectivity index (χ1n) is 11.3. The zero-order valence-corrected chi connectivity index (χ0v) is 34.4. The number of nitrogens with zero attached hydrogens (tertiary/aromatic N) is 3. The minimum atomic E-state index is -1.12. The number of carboxylic acids is 2. The molecular weight excluding hydrogens is 1230 g/mol. The van der Waals surface area contributed by atoms with E-state index in [4.69, 9.17) is 0 Å². The van der Waals surface area contributed by atoms with Crippen LogP contribution in [0.25, 0.3) is 22.8 Å². The number of benzene rings is 2. The first-order valence-corrected chi connectivity index (χ1v) is 15.6. The number of rotatable bonds is 4. The van der Waals surface area contributed by atoms with E-state index in [0.717, 1.165) is 29.9 Å². The minimum Gasteiger partial charge on any atom is -2.00 e. The fraction of sp³-hybridized carbons (Fsp3) is 0. The molecule has 3 heterocycles. The molecule has 0 saturated heterocycles. The predicted molar refractivity (Wildman–Crippen MR) is 184 cm³/mol. The zero-order chi connectivity index (χ0) is 29.1. The third-order valence-corrected chi connectivity index (χ3v) is 8.12. The van der Waals surface area contributed by atoms with Crippen LogP contribution in [0, 0.1) is 45.4 Å². The molecule has 0 atom stereocenters. The van der Waals surface area contributed by atoms with Crippen LogP contribution in [0.5, 0.6) is 0 Å². The average molecular weight is 1250 g/mol. The van der Waals surface area contributed by atoms with Crippen LogP contribution in [0.2, 0.25) is 0 Å². The van der Waals surface area contributed by atoms with Crippen molar-refractivity contribution in [3.05, 3.63) is 129 Å². The molecule has 43 heavy (non-hydrogen) atoms. The minimum absolute atomic E-state index is 0. The Morgan fingerprint density at radius 1 is 0.535 bits per heavy atom. The maximum absolute atomic E-state index is 10.5. The van der Waals surface area contributed by atoms with Crippen molar-refractivity contribution in [2.75, 3.05) is 0 Å². The van der Waals surface area contributed by atoms with Gasteiger partial charge in [0.1, 0.15) is 0 Å². The van der Waals surface area contributed by atoms with Crippen molar-refractivity contribution in [1.29, 1.82) is 0 Å². The number of pyridine rings is 3. The van der Waals surface area contributed by atoms with Crippen molar-refractivity contribution in [3.63, 3.8) is 0 Å². The number of carbonyl (C=O) groups excluding carboxylic acids is 2. The number of carbonyl (C=O) groups is 2. The normalized spacial score (nSPS) is 9.21. The Balaban J connectivity index is 0.000000625. The van der Waals surface area contributed by atoms with Crippen LogP contribution in [-0.2, 0) is 11.0 Å². The van der Waals surface area contributed by atoms with Crippen LogP contribution < -0.4 is 10.2 Å². The van der Waals surface area contributed by atoms with Gasteiger partial charge in [0.25, 0.3) is 0 Å². The molecular formula is C29H17I4N3O6U-6. The fourth-order valence-corrected chi connectivity index (χ4v) is 5.15. The van der Waals surface area contributed by atoms with Crippen molar-refractivity contribution >= 4 is 102 Å². The number of hydrogen-bond donors (Lipinski definition) is 0. The van der Waals surface area contributed by atoms with Crippen LogP contribution in [0.3, 0.4) is 0 Å². The molecule has 0 bridgehead atoms. The van der Waals surface area contributed by atoms with Crippen LogP contribution in [0.15, 0.2) is 103 Å². The van der Waals surface area contributed by atoms with E-state index in [1.165, 1.54) is 0 Å². The Hall–Kier alpha value is -1.28. The Labute approximate surface area is 326 Å². The van der Waals surface area contributed by atoms with Gasteiger partial charge in [-0.3, -0.25) is 9.97 Å². The third-order valence-electron chi connectivity index (χ3n) is 4.90. The van der Waals surface area contributed by atoms with E-state index in [9.17, 15) is 19.8 Å². The van der Waals surface area contributed by atoms with E-state index in [0.29, 0.717) is 7.14 Å². The summed E-state index contributed by atoms with van der Waals surface area (Å²) in [6.45, 7) is 0. The molecule has 0 fully saturated rings. The molecule has 0 aliphatic carbocycles. The summed E-state index contributed by atoms with van der Waals surface area (Å²) in [4.78, 5) is 34.1. The van der Waals surface area contributed by atoms with Gasteiger partial charge in [-0.15, -0.1) is 0 Å². The Bertz CT molecular complexity index is 1500. The third kappa shape index (κ3) is 13.7. The number of hydrogen-bond acceptors (Lipinski definition) is 7. The van der Waals surface area contributed by atoms with E-state index < -0.39 is 11.9 Å². The SMILES string of the molecule is O=C([O-])c1cc(I)ccc1I.O=C([O-])c1cc(I)ccc1I.[O-2].[O-2].[U].c1ccc(-c2cccc(-c3ccccn3)n2)nc1. The summed E-state index contributed by atoms with van der Waals surface area (Å²) in [6.07, 6.45) is 3.54. The van der Waals surface area contributed by atoms with Gasteiger partial charge in [-0.2, -0.15) is 0 Å². The molecule has 0 amide bonds. The van der Waals surface area contributed by atoms with Crippen molar-refractivity contribution in [3.8, 4) is 22.8 Å². The van der Waals surface area contributed by atoms with Crippen molar-refractivity contribution in [2.24, 2.45) is 0 Å². The molecule has 222 valence electrons. The van der Waals surface area contributed by atoms with Gasteiger partial charge in [-0.25, -0.2) is 4.98 Å². The molecule has 9 nitrogen and oxygen atoms in total. The van der Waals surface area contributed by atoms with Gasteiger partial charge in [-0.1, -0.05) is 18.2 Å². The summed E-state index contributed by atoms with van der Waals surface area (Å²) in [5, 5.41) is 20.9. The molecule has 0 N–H and O–H groups in total. The Kier molecular flexibility index (Phi) is 20.8.